The van der Waals surface area contributed by atoms with Crippen LogP contribution in [0.25, 0.3) is 0 Å². The van der Waals surface area contributed by atoms with Crippen LogP contribution in [0.5, 0.6) is 0 Å². The quantitative estimate of drug-likeness (QED) is 0.835. The molecule has 0 aliphatic rings. The molecule has 0 aromatic carbocycles. The largest absolute Gasteiger partial charge is 0.382 e. The number of thiophene rings is 1. The Labute approximate surface area is 101 Å². The highest BCUT2D eigenvalue weighted by Gasteiger charge is 2.12. The van der Waals surface area contributed by atoms with Crippen LogP contribution in [-0.4, -0.2) is 26.3 Å². The number of methoxy groups -OCH3 is 1. The second-order valence-corrected chi connectivity index (χ2v) is 5.48. The standard InChI is InChI=1S/C11H18ClNOS/c1-8(14-3)6-9(13-2)7-10-4-5-11(12)15-10/h4-5,8-9,13H,6-7H2,1-3H3. The van der Waals surface area contributed by atoms with E-state index in [2.05, 4.69) is 18.3 Å². The minimum Gasteiger partial charge on any atom is -0.382 e. The predicted octanol–water partition coefficient (Wildman–Crippen LogP) is 2.96. The molecule has 1 N–H and O–H groups in total. The van der Waals surface area contributed by atoms with Gasteiger partial charge in [0.15, 0.2) is 0 Å². The van der Waals surface area contributed by atoms with E-state index in [-0.39, 0.29) is 6.10 Å². The van der Waals surface area contributed by atoms with Gasteiger partial charge in [0.05, 0.1) is 10.4 Å². The molecule has 0 aliphatic carbocycles. The van der Waals surface area contributed by atoms with Gasteiger partial charge in [0.1, 0.15) is 0 Å². The average Bonchev–Trinajstić information content (AvgIpc) is 2.62. The molecule has 2 unspecified atom stereocenters. The SMILES string of the molecule is CNC(Cc1ccc(Cl)s1)CC(C)OC. The van der Waals surface area contributed by atoms with Crippen LogP contribution >= 0.6 is 22.9 Å². The number of ether oxygens (including phenoxy) is 1. The number of likely N-dealkylation sites (N-methyl/N-ethyl adjacent to an activating group) is 1. The molecule has 0 radical (unpaired) electrons. The van der Waals surface area contributed by atoms with Gasteiger partial charge in [-0.1, -0.05) is 11.6 Å². The van der Waals surface area contributed by atoms with Crippen molar-refractivity contribution in [1.29, 1.82) is 0 Å². The highest BCUT2D eigenvalue weighted by Crippen LogP contribution is 2.23. The van der Waals surface area contributed by atoms with Crippen LogP contribution in [-0.2, 0) is 11.2 Å². The van der Waals surface area contributed by atoms with Gasteiger partial charge in [0.2, 0.25) is 0 Å². The lowest BCUT2D eigenvalue weighted by Gasteiger charge is -2.18. The Morgan fingerprint density at radius 3 is 2.73 bits per heavy atom. The van der Waals surface area contributed by atoms with Crippen molar-refractivity contribution in [3.8, 4) is 0 Å². The molecule has 0 fully saturated rings. The molecule has 0 saturated heterocycles. The molecule has 0 spiro atoms. The molecule has 0 aliphatic heterocycles. The van der Waals surface area contributed by atoms with Crippen molar-refractivity contribution in [1.82, 2.24) is 5.32 Å². The van der Waals surface area contributed by atoms with Crippen molar-refractivity contribution in [2.24, 2.45) is 0 Å². The van der Waals surface area contributed by atoms with Crippen molar-refractivity contribution in [2.75, 3.05) is 14.2 Å². The fourth-order valence-corrected chi connectivity index (χ4v) is 2.67. The number of halogens is 1. The fourth-order valence-electron chi connectivity index (χ4n) is 1.50. The van der Waals surface area contributed by atoms with Crippen LogP contribution in [0.1, 0.15) is 18.2 Å². The normalized spacial score (nSPS) is 15.2. The third-order valence-corrected chi connectivity index (χ3v) is 3.76. The molecule has 1 rings (SSSR count). The van der Waals surface area contributed by atoms with Gasteiger partial charge >= 0.3 is 0 Å². The summed E-state index contributed by atoms with van der Waals surface area (Å²) in [5.41, 5.74) is 0. The number of nitrogens with one attached hydrogen (secondary N) is 1. The minimum atomic E-state index is 0.290. The first-order valence-corrected chi connectivity index (χ1v) is 6.29. The van der Waals surface area contributed by atoms with Gasteiger partial charge in [-0.25, -0.2) is 0 Å². The van der Waals surface area contributed by atoms with Gasteiger partial charge in [-0.15, -0.1) is 11.3 Å². The summed E-state index contributed by atoms with van der Waals surface area (Å²) >= 11 is 7.54. The number of hydrogen-bond donors (Lipinski definition) is 1. The Morgan fingerprint density at radius 1 is 1.53 bits per heavy atom. The summed E-state index contributed by atoms with van der Waals surface area (Å²) in [5.74, 6) is 0. The lowest BCUT2D eigenvalue weighted by molar-refractivity contribution is 0.101. The minimum absolute atomic E-state index is 0.290. The van der Waals surface area contributed by atoms with Crippen LogP contribution in [0, 0.1) is 0 Å². The lowest BCUT2D eigenvalue weighted by Crippen LogP contribution is -2.31. The molecule has 2 nitrogen and oxygen atoms in total. The van der Waals surface area contributed by atoms with Crippen LogP contribution in [0.3, 0.4) is 0 Å². The number of rotatable bonds is 6. The zero-order chi connectivity index (χ0) is 11.3. The molecule has 0 saturated carbocycles. The summed E-state index contributed by atoms with van der Waals surface area (Å²) in [7, 11) is 3.74. The molecule has 15 heavy (non-hydrogen) atoms. The monoisotopic (exact) mass is 247 g/mol. The third-order valence-electron chi connectivity index (χ3n) is 2.50. The van der Waals surface area contributed by atoms with Crippen LogP contribution < -0.4 is 5.32 Å². The first-order valence-electron chi connectivity index (χ1n) is 5.10. The topological polar surface area (TPSA) is 21.3 Å². The van der Waals surface area contributed by atoms with E-state index in [1.807, 2.05) is 13.1 Å². The van der Waals surface area contributed by atoms with E-state index in [1.165, 1.54) is 4.88 Å². The maximum absolute atomic E-state index is 5.89. The third kappa shape index (κ3) is 4.51. The molecular formula is C11H18ClNOS. The van der Waals surface area contributed by atoms with E-state index in [0.717, 1.165) is 17.2 Å². The smallest absolute Gasteiger partial charge is 0.0931 e. The molecule has 0 bridgehead atoms. The summed E-state index contributed by atoms with van der Waals surface area (Å²) in [6.45, 7) is 2.09. The van der Waals surface area contributed by atoms with E-state index in [1.54, 1.807) is 18.4 Å². The molecular weight excluding hydrogens is 230 g/mol. The molecule has 86 valence electrons. The zero-order valence-corrected chi connectivity index (χ0v) is 11.0. The van der Waals surface area contributed by atoms with Gasteiger partial charge < -0.3 is 10.1 Å². The second kappa shape index (κ2) is 6.48. The maximum atomic E-state index is 5.89. The molecule has 4 heteroatoms. The van der Waals surface area contributed by atoms with Gasteiger partial charge in [0, 0.05) is 18.0 Å². The predicted molar refractivity (Wildman–Crippen MR) is 67.0 cm³/mol. The highest BCUT2D eigenvalue weighted by molar-refractivity contribution is 7.16. The molecule has 1 aromatic rings. The average molecular weight is 248 g/mol. The van der Waals surface area contributed by atoms with E-state index in [9.17, 15) is 0 Å². The van der Waals surface area contributed by atoms with E-state index in [4.69, 9.17) is 16.3 Å². The van der Waals surface area contributed by atoms with Crippen molar-refractivity contribution in [3.63, 3.8) is 0 Å². The summed E-state index contributed by atoms with van der Waals surface area (Å²) in [6, 6.07) is 4.50. The summed E-state index contributed by atoms with van der Waals surface area (Å²) in [4.78, 5) is 1.32. The Morgan fingerprint density at radius 2 is 2.27 bits per heavy atom. The first kappa shape index (κ1) is 13.0. The molecule has 0 amide bonds. The van der Waals surface area contributed by atoms with Crippen molar-refractivity contribution in [3.05, 3.63) is 21.3 Å². The van der Waals surface area contributed by atoms with Gasteiger partial charge in [-0.3, -0.25) is 0 Å². The fraction of sp³-hybridized carbons (Fsp3) is 0.636. The van der Waals surface area contributed by atoms with Crippen LogP contribution in [0.4, 0.5) is 0 Å². The summed E-state index contributed by atoms with van der Waals surface area (Å²) in [6.07, 6.45) is 2.32. The molecule has 2 atom stereocenters. The van der Waals surface area contributed by atoms with Crippen molar-refractivity contribution in [2.45, 2.75) is 31.9 Å². The number of hydrogen-bond acceptors (Lipinski definition) is 3. The van der Waals surface area contributed by atoms with Gasteiger partial charge in [-0.05, 0) is 38.9 Å². The highest BCUT2D eigenvalue weighted by atomic mass is 35.5. The second-order valence-electron chi connectivity index (χ2n) is 3.68. The zero-order valence-electron chi connectivity index (χ0n) is 9.42. The molecule has 1 heterocycles. The Bertz CT molecular complexity index is 290. The van der Waals surface area contributed by atoms with Crippen molar-refractivity contribution >= 4 is 22.9 Å². The molecule has 1 aromatic heterocycles. The Kier molecular flexibility index (Phi) is 5.61. The van der Waals surface area contributed by atoms with Crippen molar-refractivity contribution < 1.29 is 4.74 Å². The lowest BCUT2D eigenvalue weighted by atomic mass is 10.1. The first-order chi connectivity index (χ1) is 7.15. The van der Waals surface area contributed by atoms with Crippen LogP contribution in [0.15, 0.2) is 12.1 Å². The summed E-state index contributed by atoms with van der Waals surface area (Å²) in [5, 5.41) is 3.31. The van der Waals surface area contributed by atoms with Crippen LogP contribution in [0.2, 0.25) is 4.34 Å². The summed E-state index contributed by atoms with van der Waals surface area (Å²) < 4.78 is 6.12. The maximum Gasteiger partial charge on any atom is 0.0931 e. The van der Waals surface area contributed by atoms with E-state index >= 15 is 0 Å². The Balaban J connectivity index is 2.46. The van der Waals surface area contributed by atoms with Gasteiger partial charge in [-0.2, -0.15) is 0 Å². The van der Waals surface area contributed by atoms with E-state index < -0.39 is 0 Å². The van der Waals surface area contributed by atoms with Gasteiger partial charge in [0.25, 0.3) is 0 Å². The van der Waals surface area contributed by atoms with E-state index in [0.29, 0.717) is 6.04 Å². The Hall–Kier alpha value is -0.0900.